The highest BCUT2D eigenvalue weighted by Crippen LogP contribution is 2.35. The Kier molecular flexibility index (Phi) is 9.77. The maximum absolute atomic E-state index is 12.4. The summed E-state index contributed by atoms with van der Waals surface area (Å²) in [4.78, 5) is 29.4. The number of thiophene rings is 1. The van der Waals surface area contributed by atoms with E-state index < -0.39 is 12.1 Å². The van der Waals surface area contributed by atoms with Gasteiger partial charge in [-0.15, -0.1) is 11.3 Å². The van der Waals surface area contributed by atoms with E-state index in [1.165, 1.54) is 11.3 Å². The molecule has 202 valence electrons. The van der Waals surface area contributed by atoms with Crippen molar-refractivity contribution >= 4 is 35.0 Å². The normalized spacial score (nSPS) is 18.1. The summed E-state index contributed by atoms with van der Waals surface area (Å²) in [6.07, 6.45) is 2.97. The molecule has 4 rings (SSSR count). The topological polar surface area (TPSA) is 97.8 Å². The Labute approximate surface area is 232 Å². The first-order valence-corrected chi connectivity index (χ1v) is 14.1. The van der Waals surface area contributed by atoms with Crippen LogP contribution in [0.1, 0.15) is 61.1 Å². The summed E-state index contributed by atoms with van der Waals surface area (Å²) in [7, 11) is 0. The molecule has 1 aliphatic rings. The molecule has 2 aromatic heterocycles. The fourth-order valence-corrected chi connectivity index (χ4v) is 5.98. The molecular weight excluding hydrogens is 524 g/mol. The van der Waals surface area contributed by atoms with Gasteiger partial charge in [0.2, 0.25) is 0 Å². The van der Waals surface area contributed by atoms with E-state index >= 15 is 0 Å². The molecule has 0 saturated heterocycles. The third kappa shape index (κ3) is 7.56. The van der Waals surface area contributed by atoms with E-state index in [4.69, 9.17) is 26.1 Å². The summed E-state index contributed by atoms with van der Waals surface area (Å²) in [6.45, 7) is 4.61. The third-order valence-electron chi connectivity index (χ3n) is 6.88. The van der Waals surface area contributed by atoms with E-state index in [9.17, 15) is 14.7 Å². The minimum absolute atomic E-state index is 0.00285. The van der Waals surface area contributed by atoms with Crippen molar-refractivity contribution in [3.05, 3.63) is 75.3 Å². The molecule has 38 heavy (non-hydrogen) atoms. The number of ether oxygens (including phenoxy) is 2. The second-order valence-corrected chi connectivity index (χ2v) is 11.3. The van der Waals surface area contributed by atoms with Gasteiger partial charge in [0.1, 0.15) is 6.10 Å². The number of aromatic nitrogens is 1. The van der Waals surface area contributed by atoms with Crippen molar-refractivity contribution in [2.45, 2.75) is 64.7 Å². The van der Waals surface area contributed by atoms with Crippen molar-refractivity contribution in [3.63, 3.8) is 0 Å². The van der Waals surface area contributed by atoms with Crippen LogP contribution < -0.4 is 5.32 Å². The minimum Gasteiger partial charge on any atom is -0.481 e. The van der Waals surface area contributed by atoms with Crippen LogP contribution in [0.4, 0.5) is 4.79 Å². The third-order valence-corrected chi connectivity index (χ3v) is 8.21. The molecule has 1 aliphatic carbocycles. The lowest BCUT2D eigenvalue weighted by atomic mass is 9.87. The van der Waals surface area contributed by atoms with Crippen molar-refractivity contribution in [3.8, 4) is 10.6 Å². The number of carbonyl (C=O) groups is 2. The second-order valence-electron chi connectivity index (χ2n) is 9.60. The van der Waals surface area contributed by atoms with Crippen molar-refractivity contribution in [1.29, 1.82) is 0 Å². The van der Waals surface area contributed by atoms with Crippen LogP contribution in [0.3, 0.4) is 0 Å². The summed E-state index contributed by atoms with van der Waals surface area (Å²) in [5, 5.41) is 12.1. The number of aryl methyl sites for hydroxylation is 1. The monoisotopic (exact) mass is 556 g/mol. The van der Waals surface area contributed by atoms with Crippen LogP contribution in [0.5, 0.6) is 0 Å². The number of hydrogen-bond donors (Lipinski definition) is 2. The van der Waals surface area contributed by atoms with E-state index in [1.54, 1.807) is 0 Å². The fourth-order valence-electron chi connectivity index (χ4n) is 4.74. The number of carboxylic acid groups (broad SMARTS) is 1. The average molecular weight is 557 g/mol. The molecule has 3 atom stereocenters. The first-order valence-electron chi connectivity index (χ1n) is 12.9. The van der Waals surface area contributed by atoms with Crippen LogP contribution in [-0.4, -0.2) is 34.9 Å². The van der Waals surface area contributed by atoms with Crippen LogP contribution in [0.25, 0.3) is 10.6 Å². The smallest absolute Gasteiger partial charge is 0.408 e. The van der Waals surface area contributed by atoms with Gasteiger partial charge in [-0.1, -0.05) is 54.4 Å². The molecule has 1 aromatic carbocycles. The first kappa shape index (κ1) is 28.1. The maximum atomic E-state index is 12.4. The molecule has 1 amide bonds. The Morgan fingerprint density at radius 1 is 1.18 bits per heavy atom. The number of carbonyl (C=O) groups excluding carboxylic acids is 1. The number of aliphatic carboxylic acids is 1. The number of amides is 1. The molecule has 0 spiro atoms. The van der Waals surface area contributed by atoms with E-state index in [1.807, 2.05) is 62.4 Å². The van der Waals surface area contributed by atoms with Crippen LogP contribution >= 0.6 is 22.9 Å². The summed E-state index contributed by atoms with van der Waals surface area (Å²) in [6, 6.07) is 15.4. The van der Waals surface area contributed by atoms with Gasteiger partial charge in [-0.3, -0.25) is 9.78 Å². The number of carboxylic acids is 1. The molecule has 0 unspecified atom stereocenters. The molecule has 9 heteroatoms. The predicted molar refractivity (Wildman–Crippen MR) is 149 cm³/mol. The van der Waals surface area contributed by atoms with Gasteiger partial charge in [-0.2, -0.15) is 0 Å². The number of pyridine rings is 1. The molecule has 1 saturated carbocycles. The van der Waals surface area contributed by atoms with E-state index in [2.05, 4.69) is 5.32 Å². The summed E-state index contributed by atoms with van der Waals surface area (Å²) in [5.41, 5.74) is 4.58. The molecule has 2 N–H and O–H groups in total. The highest BCUT2D eigenvalue weighted by atomic mass is 35.5. The van der Waals surface area contributed by atoms with E-state index in [-0.39, 0.29) is 24.7 Å². The lowest BCUT2D eigenvalue weighted by molar-refractivity contribution is -0.144. The molecule has 7 nitrogen and oxygen atoms in total. The zero-order valence-corrected chi connectivity index (χ0v) is 23.2. The zero-order valence-electron chi connectivity index (χ0n) is 21.6. The summed E-state index contributed by atoms with van der Waals surface area (Å²) in [5.74, 6) is -1.03. The second kappa shape index (κ2) is 13.2. The number of benzene rings is 1. The van der Waals surface area contributed by atoms with Crippen molar-refractivity contribution in [1.82, 2.24) is 10.3 Å². The lowest BCUT2D eigenvalue weighted by Gasteiger charge is -2.26. The SMILES string of the molecule is Cc1nc(-c2sc(Cl)cc2CNC(=O)O[C@H](C)c2ccccc2)ccc1CCO[C@H]1CCC[C@H](C(=O)O)C1. The highest BCUT2D eigenvalue weighted by Gasteiger charge is 2.27. The van der Waals surface area contributed by atoms with Gasteiger partial charge >= 0.3 is 12.1 Å². The van der Waals surface area contributed by atoms with E-state index in [0.29, 0.717) is 23.8 Å². The van der Waals surface area contributed by atoms with Crippen LogP contribution in [0, 0.1) is 12.8 Å². The lowest BCUT2D eigenvalue weighted by Crippen LogP contribution is -2.28. The molecular formula is C29H33ClN2O5S. The molecule has 2 heterocycles. The number of rotatable bonds is 10. The molecule has 1 fully saturated rings. The number of nitrogens with zero attached hydrogens (tertiary/aromatic N) is 1. The Hall–Kier alpha value is -2.94. The van der Waals surface area contributed by atoms with Gasteiger partial charge in [0.25, 0.3) is 0 Å². The van der Waals surface area contributed by atoms with E-state index in [0.717, 1.165) is 52.2 Å². The minimum atomic E-state index is -0.726. The Bertz CT molecular complexity index is 1250. The molecule has 0 aliphatic heterocycles. The van der Waals surface area contributed by atoms with Gasteiger partial charge in [0.15, 0.2) is 0 Å². The fraction of sp³-hybridized carbons (Fsp3) is 0.414. The summed E-state index contributed by atoms with van der Waals surface area (Å²) >= 11 is 7.75. The predicted octanol–water partition coefficient (Wildman–Crippen LogP) is 6.96. The molecule has 0 radical (unpaired) electrons. The van der Waals surface area contributed by atoms with Crippen LogP contribution in [0.2, 0.25) is 4.34 Å². The zero-order chi connectivity index (χ0) is 27.1. The number of alkyl carbamates (subject to hydrolysis) is 1. The molecule has 0 bridgehead atoms. The van der Waals surface area contributed by atoms with Crippen LogP contribution in [0.15, 0.2) is 48.5 Å². The van der Waals surface area contributed by atoms with Gasteiger partial charge in [0, 0.05) is 12.2 Å². The number of hydrogen-bond acceptors (Lipinski definition) is 6. The molecule has 3 aromatic rings. The van der Waals surface area contributed by atoms with Gasteiger partial charge in [0.05, 0.1) is 33.5 Å². The Balaban J connectivity index is 1.32. The average Bonchev–Trinajstić information content (AvgIpc) is 3.29. The van der Waals surface area contributed by atoms with Gasteiger partial charge in [-0.05, 0) is 68.4 Å². The van der Waals surface area contributed by atoms with Crippen molar-refractivity contribution in [2.24, 2.45) is 5.92 Å². The summed E-state index contributed by atoms with van der Waals surface area (Å²) < 4.78 is 12.1. The number of halogens is 1. The Morgan fingerprint density at radius 2 is 1.97 bits per heavy atom. The highest BCUT2D eigenvalue weighted by molar-refractivity contribution is 7.19. The van der Waals surface area contributed by atoms with Crippen molar-refractivity contribution < 1.29 is 24.2 Å². The maximum Gasteiger partial charge on any atom is 0.408 e. The quantitative estimate of drug-likeness (QED) is 0.280. The number of nitrogens with one attached hydrogen (secondary N) is 1. The standard InChI is InChI=1S/C29H33ClN2O5S/c1-18-20(13-14-36-24-10-6-9-22(15-24)28(33)34)11-12-25(32-18)27-23(16-26(30)38-27)17-31-29(35)37-19(2)21-7-4-3-5-8-21/h3-5,7-8,11-12,16,19,22,24H,6,9-10,13-15,17H2,1-2H3,(H,31,35)(H,33,34)/t19-,22+,24+/m1/s1. The van der Waals surface area contributed by atoms with Crippen molar-refractivity contribution in [2.75, 3.05) is 6.61 Å². The largest absolute Gasteiger partial charge is 0.481 e. The van der Waals surface area contributed by atoms with Gasteiger partial charge < -0.3 is 19.9 Å². The van der Waals surface area contributed by atoms with Gasteiger partial charge in [-0.25, -0.2) is 4.79 Å². The first-order chi connectivity index (χ1) is 18.3. The van der Waals surface area contributed by atoms with Crippen LogP contribution in [-0.2, 0) is 27.2 Å². The Morgan fingerprint density at radius 3 is 2.71 bits per heavy atom.